The van der Waals surface area contributed by atoms with Crippen molar-refractivity contribution in [3.05, 3.63) is 196 Å². The first-order chi connectivity index (χ1) is 30.8. The van der Waals surface area contributed by atoms with Gasteiger partial charge >= 0.3 is 0 Å². The molecule has 3 heteroatoms. The molecule has 64 heavy (non-hydrogen) atoms. The SMILES string of the molecule is Cc1cc(C)c(B2c3ccc4c(c3N3c5cc6ccccc6cc5N(c5cccc6c5C(C)(C)c5cc(C)ccc5-6)c5cc6ccccc6c2c53)C(C)(C)c2cc(C)ccc2-4)c(C)c1. The van der Waals surface area contributed by atoms with Crippen molar-refractivity contribution in [3.63, 3.8) is 0 Å². The molecule has 308 valence electrons. The van der Waals surface area contributed by atoms with Crippen molar-refractivity contribution in [2.75, 3.05) is 9.80 Å². The summed E-state index contributed by atoms with van der Waals surface area (Å²) in [7, 11) is 0. The summed E-state index contributed by atoms with van der Waals surface area (Å²) in [5, 5.41) is 5.05. The zero-order valence-electron chi connectivity index (χ0n) is 38.3. The number of hydrogen-bond acceptors (Lipinski definition) is 2. The minimum atomic E-state index is -0.249. The van der Waals surface area contributed by atoms with E-state index in [-0.39, 0.29) is 17.5 Å². The van der Waals surface area contributed by atoms with Gasteiger partial charge in [-0.05, 0) is 136 Å². The average molecular weight is 823 g/mol. The molecule has 0 amide bonds. The Bertz CT molecular complexity index is 3560. The predicted molar refractivity (Wildman–Crippen MR) is 274 cm³/mol. The number of anilines is 6. The molecule has 2 aliphatic carbocycles. The number of benzene rings is 9. The lowest BCUT2D eigenvalue weighted by molar-refractivity contribution is 0.659. The third-order valence-electron chi connectivity index (χ3n) is 15.7. The van der Waals surface area contributed by atoms with Crippen LogP contribution in [0.2, 0.25) is 0 Å². The molecule has 2 aliphatic heterocycles. The van der Waals surface area contributed by atoms with Crippen molar-refractivity contribution in [2.24, 2.45) is 0 Å². The molecular weight excluding hydrogens is 771 g/mol. The van der Waals surface area contributed by atoms with Gasteiger partial charge in [0, 0.05) is 16.5 Å². The summed E-state index contributed by atoms with van der Waals surface area (Å²) < 4.78 is 0. The van der Waals surface area contributed by atoms with Gasteiger partial charge in [-0.1, -0.05) is 182 Å². The van der Waals surface area contributed by atoms with Crippen LogP contribution in [-0.2, 0) is 10.8 Å². The maximum absolute atomic E-state index is 2.74. The molecule has 0 saturated heterocycles. The fourth-order valence-corrected chi connectivity index (χ4v) is 13.1. The minimum Gasteiger partial charge on any atom is -0.307 e. The number of nitrogens with zero attached hydrogens (tertiary/aromatic N) is 2. The van der Waals surface area contributed by atoms with Gasteiger partial charge in [-0.3, -0.25) is 0 Å². The molecule has 9 aromatic carbocycles. The molecule has 0 aromatic heterocycles. The number of aryl methyl sites for hydroxylation is 5. The van der Waals surface area contributed by atoms with Crippen LogP contribution in [0.1, 0.15) is 77.8 Å². The van der Waals surface area contributed by atoms with E-state index in [9.17, 15) is 0 Å². The van der Waals surface area contributed by atoms with Crippen LogP contribution in [0.25, 0.3) is 43.8 Å². The van der Waals surface area contributed by atoms with E-state index < -0.39 is 0 Å². The lowest BCUT2D eigenvalue weighted by Gasteiger charge is -2.48. The molecule has 0 bridgehead atoms. The van der Waals surface area contributed by atoms with Crippen LogP contribution in [0.5, 0.6) is 0 Å². The smallest absolute Gasteiger partial charge is 0.248 e. The number of fused-ring (bicyclic) bond motifs is 14. The summed E-state index contributed by atoms with van der Waals surface area (Å²) in [6.45, 7) is 21.2. The Kier molecular flexibility index (Phi) is 7.46. The molecule has 0 saturated carbocycles. The van der Waals surface area contributed by atoms with Gasteiger partial charge in [-0.15, -0.1) is 0 Å². The largest absolute Gasteiger partial charge is 0.307 e. The van der Waals surface area contributed by atoms with Crippen molar-refractivity contribution in [3.8, 4) is 22.3 Å². The maximum Gasteiger partial charge on any atom is 0.248 e. The second-order valence-corrected chi connectivity index (χ2v) is 20.5. The Balaban J connectivity index is 1.23. The van der Waals surface area contributed by atoms with Gasteiger partial charge in [-0.2, -0.15) is 0 Å². The molecule has 0 fully saturated rings. The first-order valence-electron chi connectivity index (χ1n) is 23.1. The molecule has 0 unspecified atom stereocenters. The summed E-state index contributed by atoms with van der Waals surface area (Å²) in [4.78, 5) is 5.41. The van der Waals surface area contributed by atoms with Crippen molar-refractivity contribution < 1.29 is 0 Å². The van der Waals surface area contributed by atoms with Gasteiger partial charge in [0.05, 0.1) is 28.4 Å². The zero-order chi connectivity index (χ0) is 43.7. The van der Waals surface area contributed by atoms with E-state index in [1.807, 2.05) is 0 Å². The summed E-state index contributed by atoms with van der Waals surface area (Å²) in [6, 6.07) is 56.7. The summed E-state index contributed by atoms with van der Waals surface area (Å²) in [5.41, 5.74) is 28.8. The quantitative estimate of drug-likeness (QED) is 0.160. The standard InChI is InChI=1S/C61H51BN2/c1-34-21-23-43-45-19-14-20-50(54(45)60(6,7)47(43)29-34)63-51-31-39-15-10-11-16-40(39)32-52(51)64-58-49(26-25-46-44-24-22-35(2)30-48(44)61(8,9)55(46)58)62(56-37(4)27-36(3)28-38(56)5)57-42-18-13-12-17-41(42)33-53(63)59(57)64/h10-33H,1-9H3. The van der Waals surface area contributed by atoms with Crippen LogP contribution < -0.4 is 26.2 Å². The van der Waals surface area contributed by atoms with Crippen LogP contribution in [-0.4, -0.2) is 6.71 Å². The van der Waals surface area contributed by atoms with Gasteiger partial charge in [0.2, 0.25) is 6.71 Å². The van der Waals surface area contributed by atoms with Crippen molar-refractivity contribution in [2.45, 2.75) is 73.1 Å². The summed E-state index contributed by atoms with van der Waals surface area (Å²) in [6.07, 6.45) is 0. The predicted octanol–water partition coefficient (Wildman–Crippen LogP) is 14.2. The van der Waals surface area contributed by atoms with E-state index in [2.05, 4.69) is 218 Å². The van der Waals surface area contributed by atoms with Gasteiger partial charge < -0.3 is 9.80 Å². The molecule has 13 rings (SSSR count). The van der Waals surface area contributed by atoms with Crippen LogP contribution in [0.3, 0.4) is 0 Å². The molecular formula is C61H51BN2. The third kappa shape index (κ3) is 4.77. The fourth-order valence-electron chi connectivity index (χ4n) is 13.1. The topological polar surface area (TPSA) is 6.48 Å². The first-order valence-corrected chi connectivity index (χ1v) is 23.1. The second-order valence-electron chi connectivity index (χ2n) is 20.5. The molecule has 4 aliphatic rings. The fraction of sp³-hybridized carbons (Fsp3) is 0.180. The molecule has 0 spiro atoms. The zero-order valence-corrected chi connectivity index (χ0v) is 38.3. The summed E-state index contributed by atoms with van der Waals surface area (Å²) in [5.74, 6) is 0. The highest BCUT2D eigenvalue weighted by atomic mass is 15.3. The van der Waals surface area contributed by atoms with Crippen LogP contribution >= 0.6 is 0 Å². The Morgan fingerprint density at radius 3 is 1.59 bits per heavy atom. The molecule has 0 N–H and O–H groups in total. The van der Waals surface area contributed by atoms with E-state index in [1.54, 1.807) is 0 Å². The first kappa shape index (κ1) is 37.7. The van der Waals surface area contributed by atoms with Crippen LogP contribution in [0.4, 0.5) is 34.1 Å². The molecule has 0 atom stereocenters. The van der Waals surface area contributed by atoms with Crippen LogP contribution in [0.15, 0.2) is 146 Å². The van der Waals surface area contributed by atoms with E-state index >= 15 is 0 Å². The Labute approximate surface area is 377 Å². The van der Waals surface area contributed by atoms with E-state index in [1.165, 1.54) is 144 Å². The van der Waals surface area contributed by atoms with Gasteiger partial charge in [0.25, 0.3) is 0 Å². The highest BCUT2D eigenvalue weighted by Crippen LogP contribution is 2.63. The Morgan fingerprint density at radius 2 is 0.938 bits per heavy atom. The van der Waals surface area contributed by atoms with Gasteiger partial charge in [0.1, 0.15) is 0 Å². The highest BCUT2D eigenvalue weighted by molar-refractivity contribution is 7.00. The van der Waals surface area contributed by atoms with Crippen molar-refractivity contribution in [1.29, 1.82) is 0 Å². The molecule has 2 heterocycles. The second kappa shape index (κ2) is 12.7. The molecule has 9 aromatic rings. The van der Waals surface area contributed by atoms with Crippen LogP contribution in [0, 0.1) is 34.6 Å². The summed E-state index contributed by atoms with van der Waals surface area (Å²) >= 11 is 0. The Morgan fingerprint density at radius 1 is 0.391 bits per heavy atom. The maximum atomic E-state index is 2.74. The lowest BCUT2D eigenvalue weighted by atomic mass is 9.33. The van der Waals surface area contributed by atoms with E-state index in [4.69, 9.17) is 0 Å². The Hall–Kier alpha value is -6.84. The van der Waals surface area contributed by atoms with Crippen molar-refractivity contribution >= 4 is 78.8 Å². The van der Waals surface area contributed by atoms with Crippen molar-refractivity contribution in [1.82, 2.24) is 0 Å². The lowest BCUT2D eigenvalue weighted by Crippen LogP contribution is -2.60. The monoisotopic (exact) mass is 822 g/mol. The van der Waals surface area contributed by atoms with Gasteiger partial charge in [0.15, 0.2) is 0 Å². The average Bonchev–Trinajstić information content (AvgIpc) is 3.64. The number of rotatable bonds is 2. The highest BCUT2D eigenvalue weighted by Gasteiger charge is 2.50. The minimum absolute atomic E-state index is 0.00716. The van der Waals surface area contributed by atoms with E-state index in [0.29, 0.717) is 0 Å². The van der Waals surface area contributed by atoms with Gasteiger partial charge in [-0.25, -0.2) is 0 Å². The normalized spacial score (nSPS) is 15.4. The number of hydrogen-bond donors (Lipinski definition) is 0. The third-order valence-corrected chi connectivity index (χ3v) is 15.7. The molecule has 2 nitrogen and oxygen atoms in total. The molecule has 0 radical (unpaired) electrons. The van der Waals surface area contributed by atoms with E-state index in [0.717, 1.165) is 0 Å².